The summed E-state index contributed by atoms with van der Waals surface area (Å²) in [6, 6.07) is 0.330. The summed E-state index contributed by atoms with van der Waals surface area (Å²) in [5.74, 6) is 1.38. The highest BCUT2D eigenvalue weighted by Crippen LogP contribution is 2.33. The summed E-state index contributed by atoms with van der Waals surface area (Å²) < 4.78 is 1.59. The minimum Gasteiger partial charge on any atom is -0.362 e. The summed E-state index contributed by atoms with van der Waals surface area (Å²) in [4.78, 5) is 10.8. The van der Waals surface area contributed by atoms with Crippen LogP contribution >= 0.6 is 0 Å². The molecule has 1 saturated carbocycles. The van der Waals surface area contributed by atoms with E-state index in [1.165, 1.54) is 25.7 Å². The predicted octanol–water partition coefficient (Wildman–Crippen LogP) is 3.41. The van der Waals surface area contributed by atoms with Crippen molar-refractivity contribution in [3.8, 4) is 0 Å². The lowest BCUT2D eigenvalue weighted by Crippen LogP contribution is -2.27. The van der Waals surface area contributed by atoms with Crippen molar-refractivity contribution in [3.05, 3.63) is 15.8 Å². The number of nitrogens with one attached hydrogen (secondary N) is 1. The van der Waals surface area contributed by atoms with Crippen LogP contribution in [0.5, 0.6) is 0 Å². The number of anilines is 1. The highest BCUT2D eigenvalue weighted by molar-refractivity contribution is 5.59. The van der Waals surface area contributed by atoms with E-state index in [4.69, 9.17) is 0 Å². The zero-order valence-electron chi connectivity index (χ0n) is 12.6. The van der Waals surface area contributed by atoms with Crippen LogP contribution in [0.2, 0.25) is 0 Å². The standard InChI is InChI=1S/C14H24N4O2/c1-4-5-11-6-8-12(9-7-11)15-14-13(18(19)20)10(2)16-17(14)3/h11-12,15H,4-9H2,1-3H3. The van der Waals surface area contributed by atoms with Crippen molar-refractivity contribution in [1.82, 2.24) is 9.78 Å². The molecular formula is C14H24N4O2. The highest BCUT2D eigenvalue weighted by atomic mass is 16.6. The molecule has 1 heterocycles. The Labute approximate surface area is 119 Å². The van der Waals surface area contributed by atoms with Gasteiger partial charge in [-0.05, 0) is 38.5 Å². The van der Waals surface area contributed by atoms with Crippen LogP contribution in [0.4, 0.5) is 11.5 Å². The van der Waals surface area contributed by atoms with E-state index in [0.717, 1.165) is 18.8 Å². The Bertz CT molecular complexity index is 476. The van der Waals surface area contributed by atoms with Gasteiger partial charge in [-0.25, -0.2) is 4.68 Å². The van der Waals surface area contributed by atoms with Crippen LogP contribution in [0.25, 0.3) is 0 Å². The molecule has 1 fully saturated rings. The van der Waals surface area contributed by atoms with Crippen molar-refractivity contribution in [1.29, 1.82) is 0 Å². The molecular weight excluding hydrogens is 256 g/mol. The molecule has 0 radical (unpaired) electrons. The van der Waals surface area contributed by atoms with Gasteiger partial charge in [-0.3, -0.25) is 10.1 Å². The molecule has 112 valence electrons. The molecule has 1 aliphatic rings. The maximum absolute atomic E-state index is 11.1. The molecule has 1 aliphatic carbocycles. The minimum atomic E-state index is -0.340. The molecule has 1 N–H and O–H groups in total. The zero-order chi connectivity index (χ0) is 14.7. The van der Waals surface area contributed by atoms with Crippen LogP contribution in [-0.2, 0) is 7.05 Å². The summed E-state index contributed by atoms with van der Waals surface area (Å²) in [6.45, 7) is 3.91. The first-order valence-electron chi connectivity index (χ1n) is 7.47. The Morgan fingerprint density at radius 2 is 2.05 bits per heavy atom. The molecule has 0 unspecified atom stereocenters. The summed E-state index contributed by atoms with van der Waals surface area (Å²) in [6.07, 6.45) is 7.16. The Balaban J connectivity index is 2.03. The van der Waals surface area contributed by atoms with Crippen molar-refractivity contribution >= 4 is 11.5 Å². The third-order valence-corrected chi connectivity index (χ3v) is 4.26. The van der Waals surface area contributed by atoms with Crippen LogP contribution in [0.15, 0.2) is 0 Å². The molecule has 6 heteroatoms. The van der Waals surface area contributed by atoms with Crippen LogP contribution in [0.1, 0.15) is 51.1 Å². The second-order valence-electron chi connectivity index (χ2n) is 5.81. The third-order valence-electron chi connectivity index (χ3n) is 4.26. The SMILES string of the molecule is CCCC1CCC(Nc2c([N+](=O)[O-])c(C)nn2C)CC1. The first-order chi connectivity index (χ1) is 9.52. The van der Waals surface area contributed by atoms with E-state index < -0.39 is 0 Å². The van der Waals surface area contributed by atoms with Gasteiger partial charge in [0, 0.05) is 13.1 Å². The van der Waals surface area contributed by atoms with E-state index in [0.29, 0.717) is 17.6 Å². The average molecular weight is 280 g/mol. The Kier molecular flexibility index (Phi) is 4.62. The largest absolute Gasteiger partial charge is 0.362 e. The molecule has 6 nitrogen and oxygen atoms in total. The van der Waals surface area contributed by atoms with Crippen molar-refractivity contribution in [3.63, 3.8) is 0 Å². The van der Waals surface area contributed by atoms with Crippen LogP contribution in [-0.4, -0.2) is 20.7 Å². The lowest BCUT2D eigenvalue weighted by molar-refractivity contribution is -0.384. The van der Waals surface area contributed by atoms with E-state index >= 15 is 0 Å². The molecule has 0 atom stereocenters. The maximum Gasteiger partial charge on any atom is 0.333 e. The number of aromatic nitrogens is 2. The van der Waals surface area contributed by atoms with Gasteiger partial charge in [-0.2, -0.15) is 5.10 Å². The molecule has 0 bridgehead atoms. The van der Waals surface area contributed by atoms with Crippen LogP contribution < -0.4 is 5.32 Å². The minimum absolute atomic E-state index is 0.114. The van der Waals surface area contributed by atoms with Crippen molar-refractivity contribution in [2.75, 3.05) is 5.32 Å². The average Bonchev–Trinajstić information content (AvgIpc) is 2.67. The quantitative estimate of drug-likeness (QED) is 0.662. The molecule has 20 heavy (non-hydrogen) atoms. The topological polar surface area (TPSA) is 73.0 Å². The molecule has 1 aromatic rings. The monoisotopic (exact) mass is 280 g/mol. The van der Waals surface area contributed by atoms with Gasteiger partial charge in [0.25, 0.3) is 0 Å². The highest BCUT2D eigenvalue weighted by Gasteiger charge is 2.27. The smallest absolute Gasteiger partial charge is 0.333 e. The van der Waals surface area contributed by atoms with E-state index in [-0.39, 0.29) is 10.6 Å². The molecule has 0 amide bonds. The van der Waals surface area contributed by atoms with E-state index in [9.17, 15) is 10.1 Å². The van der Waals surface area contributed by atoms with E-state index in [1.54, 1.807) is 18.7 Å². The van der Waals surface area contributed by atoms with Gasteiger partial charge < -0.3 is 5.32 Å². The number of hydrogen-bond acceptors (Lipinski definition) is 4. The molecule has 0 aromatic carbocycles. The molecule has 2 rings (SSSR count). The third kappa shape index (κ3) is 3.11. The summed E-state index contributed by atoms with van der Waals surface area (Å²) in [5, 5.41) is 18.6. The molecule has 0 saturated heterocycles. The second-order valence-corrected chi connectivity index (χ2v) is 5.81. The van der Waals surface area contributed by atoms with Crippen LogP contribution in [0.3, 0.4) is 0 Å². The van der Waals surface area contributed by atoms with Crippen LogP contribution in [0, 0.1) is 23.0 Å². The van der Waals surface area contributed by atoms with E-state index in [2.05, 4.69) is 17.3 Å². The van der Waals surface area contributed by atoms with Gasteiger partial charge in [0.05, 0.1) is 4.92 Å². The normalized spacial score (nSPS) is 22.8. The molecule has 0 aliphatic heterocycles. The number of hydrogen-bond donors (Lipinski definition) is 1. The molecule has 1 aromatic heterocycles. The van der Waals surface area contributed by atoms with Gasteiger partial charge >= 0.3 is 5.69 Å². The Morgan fingerprint density at radius 3 is 2.60 bits per heavy atom. The summed E-state index contributed by atoms with van der Waals surface area (Å²) >= 11 is 0. The predicted molar refractivity (Wildman–Crippen MR) is 78.9 cm³/mol. The first kappa shape index (κ1) is 14.8. The van der Waals surface area contributed by atoms with E-state index in [1.807, 2.05) is 0 Å². The van der Waals surface area contributed by atoms with Crippen molar-refractivity contribution in [2.45, 2.75) is 58.4 Å². The summed E-state index contributed by atoms with van der Waals surface area (Å²) in [5.41, 5.74) is 0.586. The fourth-order valence-electron chi connectivity index (χ4n) is 3.22. The molecule has 0 spiro atoms. The Hall–Kier alpha value is -1.59. The first-order valence-corrected chi connectivity index (χ1v) is 7.47. The van der Waals surface area contributed by atoms with Gasteiger partial charge in [-0.15, -0.1) is 0 Å². The summed E-state index contributed by atoms with van der Waals surface area (Å²) in [7, 11) is 1.76. The Morgan fingerprint density at radius 1 is 1.40 bits per heavy atom. The lowest BCUT2D eigenvalue weighted by atomic mass is 9.83. The zero-order valence-corrected chi connectivity index (χ0v) is 12.6. The fraction of sp³-hybridized carbons (Fsp3) is 0.786. The van der Waals surface area contributed by atoms with Gasteiger partial charge in [0.2, 0.25) is 5.82 Å². The van der Waals surface area contributed by atoms with Gasteiger partial charge in [-0.1, -0.05) is 19.8 Å². The maximum atomic E-state index is 11.1. The second kappa shape index (κ2) is 6.24. The lowest BCUT2D eigenvalue weighted by Gasteiger charge is -2.29. The number of nitro groups is 1. The fourth-order valence-corrected chi connectivity index (χ4v) is 3.22. The number of aryl methyl sites for hydroxylation is 2. The van der Waals surface area contributed by atoms with Crippen molar-refractivity contribution in [2.24, 2.45) is 13.0 Å². The van der Waals surface area contributed by atoms with Gasteiger partial charge in [0.1, 0.15) is 5.69 Å². The number of rotatable bonds is 5. The number of nitrogens with zero attached hydrogens (tertiary/aromatic N) is 3. The van der Waals surface area contributed by atoms with Crippen molar-refractivity contribution < 1.29 is 4.92 Å². The van der Waals surface area contributed by atoms with Gasteiger partial charge in [0.15, 0.2) is 0 Å².